The molecule has 1 aromatic heterocycles. The van der Waals surface area contributed by atoms with E-state index in [0.29, 0.717) is 11.4 Å². The summed E-state index contributed by atoms with van der Waals surface area (Å²) in [4.78, 5) is 41.4. The van der Waals surface area contributed by atoms with Gasteiger partial charge in [0.05, 0.1) is 6.54 Å². The Bertz CT molecular complexity index is 1220. The van der Waals surface area contributed by atoms with Crippen molar-refractivity contribution >= 4 is 29.0 Å². The van der Waals surface area contributed by atoms with Gasteiger partial charge in [0, 0.05) is 18.0 Å². The third kappa shape index (κ3) is 3.64. The molecule has 4 rings (SSSR count). The molecule has 1 heterocycles. The van der Waals surface area contributed by atoms with Gasteiger partial charge in [-0.1, -0.05) is 60.1 Å². The zero-order valence-corrected chi connectivity index (χ0v) is 17.1. The Hall–Kier alpha value is -3.32. The minimum absolute atomic E-state index is 0.00387. The van der Waals surface area contributed by atoms with Gasteiger partial charge in [0.15, 0.2) is 5.69 Å². The third-order valence-electron chi connectivity index (χ3n) is 5.48. The molecule has 0 saturated heterocycles. The number of nitrogens with one attached hydrogen (secondary N) is 1. The number of nitrogens with two attached hydrogens (primary N) is 1. The Morgan fingerprint density at radius 3 is 2.53 bits per heavy atom. The molecule has 3 aromatic rings. The largest absolute Gasteiger partial charge is 0.383 e. The van der Waals surface area contributed by atoms with Crippen LogP contribution in [0.2, 0.25) is 5.02 Å². The van der Waals surface area contributed by atoms with E-state index in [4.69, 9.17) is 17.3 Å². The van der Waals surface area contributed by atoms with Crippen LogP contribution in [0.25, 0.3) is 0 Å². The smallest absolute Gasteiger partial charge is 0.330 e. The predicted molar refractivity (Wildman–Crippen MR) is 117 cm³/mol. The topological polar surface area (TPSA) is 101 Å². The van der Waals surface area contributed by atoms with Gasteiger partial charge in [0.2, 0.25) is 5.91 Å². The normalized spacial score (nSPS) is 17.5. The van der Waals surface area contributed by atoms with Crippen LogP contribution in [0.4, 0.5) is 11.5 Å². The Labute approximate surface area is 177 Å². The number of amides is 1. The van der Waals surface area contributed by atoms with E-state index in [0.717, 1.165) is 11.1 Å². The summed E-state index contributed by atoms with van der Waals surface area (Å²) in [5.74, 6) is -0.562. The van der Waals surface area contributed by atoms with E-state index in [1.54, 1.807) is 6.07 Å². The summed E-state index contributed by atoms with van der Waals surface area (Å²) in [5, 5.41) is 0.620. The highest BCUT2D eigenvalue weighted by atomic mass is 35.5. The number of carbonyl (C=O) groups is 1. The Kier molecular flexibility index (Phi) is 5.22. The molecule has 30 heavy (non-hydrogen) atoms. The van der Waals surface area contributed by atoms with Crippen LogP contribution in [0.3, 0.4) is 0 Å². The summed E-state index contributed by atoms with van der Waals surface area (Å²) in [7, 11) is 1.50. The molecule has 0 bridgehead atoms. The number of aromatic amines is 1. The predicted octanol–water partition coefficient (Wildman–Crippen LogP) is 2.59. The van der Waals surface area contributed by atoms with E-state index in [-0.39, 0.29) is 35.8 Å². The number of carbonyl (C=O) groups excluding carboxylic acids is 1. The standard InChI is InChI=1S/C22H21ClN4O3/c1-26(21(29)16-11-15(16)14-9-5-6-10-17(14)23)18-19(24)27(22(30)25-20(18)28)12-13-7-3-2-4-8-13/h2-10,15-16H,11-12,24H2,1H3,(H,25,28,30). The summed E-state index contributed by atoms with van der Waals surface area (Å²) in [6, 6.07) is 16.7. The minimum atomic E-state index is -0.687. The van der Waals surface area contributed by atoms with Gasteiger partial charge in [-0.15, -0.1) is 0 Å². The number of rotatable bonds is 5. The lowest BCUT2D eigenvalue weighted by Crippen LogP contribution is -2.40. The first-order valence-corrected chi connectivity index (χ1v) is 9.94. The van der Waals surface area contributed by atoms with Crippen molar-refractivity contribution in [1.29, 1.82) is 0 Å². The van der Waals surface area contributed by atoms with Crippen LogP contribution in [0, 0.1) is 5.92 Å². The van der Waals surface area contributed by atoms with Gasteiger partial charge < -0.3 is 10.6 Å². The first-order valence-electron chi connectivity index (χ1n) is 9.57. The number of aromatic nitrogens is 2. The van der Waals surface area contributed by atoms with Crippen LogP contribution >= 0.6 is 11.6 Å². The molecule has 1 fully saturated rings. The fourth-order valence-electron chi connectivity index (χ4n) is 3.77. The molecule has 2 atom stereocenters. The number of H-pyrrole nitrogens is 1. The molecule has 2 aromatic carbocycles. The zero-order valence-electron chi connectivity index (χ0n) is 16.3. The van der Waals surface area contributed by atoms with Crippen LogP contribution in [0.15, 0.2) is 64.2 Å². The number of hydrogen-bond acceptors (Lipinski definition) is 4. The highest BCUT2D eigenvalue weighted by molar-refractivity contribution is 6.31. The van der Waals surface area contributed by atoms with Crippen molar-refractivity contribution in [2.45, 2.75) is 18.9 Å². The van der Waals surface area contributed by atoms with Gasteiger partial charge in [-0.3, -0.25) is 19.1 Å². The van der Waals surface area contributed by atoms with Crippen LogP contribution in [0.5, 0.6) is 0 Å². The summed E-state index contributed by atoms with van der Waals surface area (Å²) in [6.45, 7) is 0.184. The van der Waals surface area contributed by atoms with Gasteiger partial charge >= 0.3 is 5.69 Å². The first-order chi connectivity index (χ1) is 14.4. The van der Waals surface area contributed by atoms with Crippen LogP contribution in [-0.4, -0.2) is 22.5 Å². The van der Waals surface area contributed by atoms with E-state index in [1.165, 1.54) is 16.5 Å². The maximum absolute atomic E-state index is 13.0. The fraction of sp³-hybridized carbons (Fsp3) is 0.227. The number of nitrogens with zero attached hydrogens (tertiary/aromatic N) is 2. The molecule has 1 aliphatic rings. The summed E-state index contributed by atoms with van der Waals surface area (Å²) in [6.07, 6.45) is 0.647. The lowest BCUT2D eigenvalue weighted by Gasteiger charge is -2.20. The highest BCUT2D eigenvalue weighted by Gasteiger charge is 2.46. The van der Waals surface area contributed by atoms with Gasteiger partial charge in [-0.25, -0.2) is 4.79 Å². The van der Waals surface area contributed by atoms with E-state index in [2.05, 4.69) is 4.98 Å². The van der Waals surface area contributed by atoms with Gasteiger partial charge in [0.1, 0.15) is 5.82 Å². The van der Waals surface area contributed by atoms with Gasteiger partial charge in [-0.05, 0) is 29.5 Å². The Balaban J connectivity index is 1.63. The van der Waals surface area contributed by atoms with Crippen molar-refractivity contribution in [1.82, 2.24) is 9.55 Å². The van der Waals surface area contributed by atoms with Crippen molar-refractivity contribution in [2.24, 2.45) is 5.92 Å². The van der Waals surface area contributed by atoms with Gasteiger partial charge in [0.25, 0.3) is 5.56 Å². The van der Waals surface area contributed by atoms with Crippen molar-refractivity contribution in [3.05, 3.63) is 91.6 Å². The van der Waals surface area contributed by atoms with E-state index in [1.807, 2.05) is 48.5 Å². The number of nitrogen functional groups attached to an aromatic ring is 1. The summed E-state index contributed by atoms with van der Waals surface area (Å²) in [5.41, 5.74) is 6.62. The molecule has 8 heteroatoms. The first kappa shape index (κ1) is 20.0. The maximum Gasteiger partial charge on any atom is 0.330 e. The summed E-state index contributed by atoms with van der Waals surface area (Å²) >= 11 is 6.25. The molecule has 1 aliphatic carbocycles. The maximum atomic E-state index is 13.0. The third-order valence-corrected chi connectivity index (χ3v) is 5.82. The molecule has 0 aliphatic heterocycles. The molecular formula is C22H21ClN4O3. The summed E-state index contributed by atoms with van der Waals surface area (Å²) < 4.78 is 1.26. The van der Waals surface area contributed by atoms with E-state index < -0.39 is 11.2 Å². The van der Waals surface area contributed by atoms with Crippen molar-refractivity contribution in [3.63, 3.8) is 0 Å². The molecule has 0 radical (unpaired) electrons. The van der Waals surface area contributed by atoms with Crippen molar-refractivity contribution in [2.75, 3.05) is 17.7 Å². The molecule has 1 amide bonds. The SMILES string of the molecule is CN(C(=O)C1CC1c1ccccc1Cl)c1c(N)n(Cc2ccccc2)c(=O)[nH]c1=O. The van der Waals surface area contributed by atoms with Crippen molar-refractivity contribution < 1.29 is 4.79 Å². The fourth-order valence-corrected chi connectivity index (χ4v) is 4.05. The lowest BCUT2D eigenvalue weighted by atomic mass is 10.1. The van der Waals surface area contributed by atoms with Crippen molar-refractivity contribution in [3.8, 4) is 0 Å². The molecule has 1 saturated carbocycles. The second kappa shape index (κ2) is 7.84. The molecule has 0 spiro atoms. The monoisotopic (exact) mass is 424 g/mol. The van der Waals surface area contributed by atoms with Crippen LogP contribution in [-0.2, 0) is 11.3 Å². The molecule has 7 nitrogen and oxygen atoms in total. The van der Waals surface area contributed by atoms with Crippen LogP contribution in [0.1, 0.15) is 23.5 Å². The Morgan fingerprint density at radius 2 is 1.83 bits per heavy atom. The van der Waals surface area contributed by atoms with E-state index >= 15 is 0 Å². The quantitative estimate of drug-likeness (QED) is 0.657. The van der Waals surface area contributed by atoms with Gasteiger partial charge in [-0.2, -0.15) is 0 Å². The molecule has 2 unspecified atom stereocenters. The average molecular weight is 425 g/mol. The minimum Gasteiger partial charge on any atom is -0.383 e. The average Bonchev–Trinajstić information content (AvgIpc) is 3.52. The number of hydrogen-bond donors (Lipinski definition) is 2. The number of benzene rings is 2. The molecule has 154 valence electrons. The highest BCUT2D eigenvalue weighted by Crippen LogP contribution is 2.50. The molecular weight excluding hydrogens is 404 g/mol. The second-order valence-corrected chi connectivity index (χ2v) is 7.84. The van der Waals surface area contributed by atoms with Crippen LogP contribution < -0.4 is 21.9 Å². The second-order valence-electron chi connectivity index (χ2n) is 7.43. The number of anilines is 2. The number of halogens is 1. The molecule has 3 N–H and O–H groups in total. The lowest BCUT2D eigenvalue weighted by molar-refractivity contribution is -0.119. The Morgan fingerprint density at radius 1 is 1.17 bits per heavy atom. The van der Waals surface area contributed by atoms with E-state index in [9.17, 15) is 14.4 Å². The zero-order chi connectivity index (χ0) is 21.4.